The van der Waals surface area contributed by atoms with Crippen molar-refractivity contribution in [2.24, 2.45) is 0 Å². The normalized spacial score (nSPS) is 22.2. The Morgan fingerprint density at radius 1 is 1.18 bits per heavy atom. The Balaban J connectivity index is 1.55. The molecule has 1 aliphatic carbocycles. The van der Waals surface area contributed by atoms with Gasteiger partial charge in [-0.15, -0.1) is 11.8 Å². The molecule has 2 fully saturated rings. The van der Waals surface area contributed by atoms with Crippen LogP contribution in [-0.2, 0) is 0 Å². The number of hydrogen-bond acceptors (Lipinski definition) is 3. The Kier molecular flexibility index (Phi) is 5.26. The van der Waals surface area contributed by atoms with Crippen LogP contribution in [-0.4, -0.2) is 40.5 Å². The minimum absolute atomic E-state index is 0.0304. The third-order valence-corrected chi connectivity index (χ3v) is 5.91. The van der Waals surface area contributed by atoms with E-state index >= 15 is 0 Å². The van der Waals surface area contributed by atoms with Gasteiger partial charge in [-0.2, -0.15) is 0 Å². The number of carbonyl (C=O) groups excluding carboxylic acids is 1. The number of aliphatic hydroxyl groups excluding tert-OH is 1. The molecule has 3 rings (SSSR count). The van der Waals surface area contributed by atoms with Gasteiger partial charge in [0.15, 0.2) is 0 Å². The van der Waals surface area contributed by atoms with E-state index in [-0.39, 0.29) is 18.7 Å². The first kappa shape index (κ1) is 15.7. The zero-order valence-corrected chi connectivity index (χ0v) is 13.6. The number of thioether (sulfide) groups is 1. The summed E-state index contributed by atoms with van der Waals surface area (Å²) in [5.41, 5.74) is 0.823. The van der Waals surface area contributed by atoms with Crippen molar-refractivity contribution in [1.82, 2.24) is 4.90 Å². The molecule has 0 unspecified atom stereocenters. The molecule has 1 aromatic carbocycles. The van der Waals surface area contributed by atoms with Crippen LogP contribution in [0.3, 0.4) is 0 Å². The fourth-order valence-corrected chi connectivity index (χ4v) is 4.55. The van der Waals surface area contributed by atoms with Crippen LogP contribution in [0.2, 0.25) is 0 Å². The molecule has 1 aromatic rings. The van der Waals surface area contributed by atoms with Crippen molar-refractivity contribution < 1.29 is 9.90 Å². The predicted molar refractivity (Wildman–Crippen MR) is 90.4 cm³/mol. The van der Waals surface area contributed by atoms with E-state index in [1.54, 1.807) is 4.90 Å². The smallest absolute Gasteiger partial charge is 0.322 e. The molecule has 1 atom stereocenters. The van der Waals surface area contributed by atoms with E-state index in [0.717, 1.165) is 30.3 Å². The Bertz CT molecular complexity index is 500. The number of nitrogens with one attached hydrogen (secondary N) is 1. The summed E-state index contributed by atoms with van der Waals surface area (Å²) < 4.78 is 0. The van der Waals surface area contributed by atoms with Crippen LogP contribution >= 0.6 is 11.8 Å². The van der Waals surface area contributed by atoms with Crippen LogP contribution < -0.4 is 5.32 Å². The highest BCUT2D eigenvalue weighted by molar-refractivity contribution is 8.00. The van der Waals surface area contributed by atoms with E-state index in [4.69, 9.17) is 0 Å². The Morgan fingerprint density at radius 3 is 2.59 bits per heavy atom. The SMILES string of the molecule is O=C(Nc1ccc(SC2CCCC2)cc1)N1CCC[C@@H]1CO. The number of urea groups is 1. The molecule has 1 heterocycles. The summed E-state index contributed by atoms with van der Waals surface area (Å²) in [5, 5.41) is 13.0. The van der Waals surface area contributed by atoms with Gasteiger partial charge >= 0.3 is 6.03 Å². The van der Waals surface area contributed by atoms with Gasteiger partial charge in [-0.3, -0.25) is 0 Å². The summed E-state index contributed by atoms with van der Waals surface area (Å²) in [6.45, 7) is 0.775. The number of nitrogens with zero attached hydrogens (tertiary/aromatic N) is 1. The zero-order chi connectivity index (χ0) is 15.4. The lowest BCUT2D eigenvalue weighted by molar-refractivity contribution is 0.166. The van der Waals surface area contributed by atoms with Gasteiger partial charge in [0.25, 0.3) is 0 Å². The number of likely N-dealkylation sites (tertiary alicyclic amines) is 1. The van der Waals surface area contributed by atoms with Crippen LogP contribution in [0.4, 0.5) is 10.5 Å². The fourth-order valence-electron chi connectivity index (χ4n) is 3.30. The van der Waals surface area contributed by atoms with Gasteiger partial charge < -0.3 is 15.3 Å². The number of rotatable bonds is 4. The maximum atomic E-state index is 12.2. The molecule has 2 aliphatic rings. The maximum Gasteiger partial charge on any atom is 0.322 e. The molecule has 22 heavy (non-hydrogen) atoms. The highest BCUT2D eigenvalue weighted by Gasteiger charge is 2.28. The average molecular weight is 320 g/mol. The minimum atomic E-state index is -0.104. The van der Waals surface area contributed by atoms with Crippen molar-refractivity contribution >= 4 is 23.5 Å². The van der Waals surface area contributed by atoms with Crippen LogP contribution in [0.15, 0.2) is 29.2 Å². The third kappa shape index (κ3) is 3.76. The monoisotopic (exact) mass is 320 g/mol. The molecule has 0 aromatic heterocycles. The molecule has 1 saturated carbocycles. The summed E-state index contributed by atoms with van der Waals surface area (Å²) in [7, 11) is 0. The van der Waals surface area contributed by atoms with Gasteiger partial charge in [0.05, 0.1) is 12.6 Å². The largest absolute Gasteiger partial charge is 0.394 e. The third-order valence-electron chi connectivity index (χ3n) is 4.56. The quantitative estimate of drug-likeness (QED) is 0.889. The second-order valence-electron chi connectivity index (χ2n) is 6.15. The van der Waals surface area contributed by atoms with Gasteiger partial charge in [0.2, 0.25) is 0 Å². The summed E-state index contributed by atoms with van der Waals surface area (Å²) in [6, 6.07) is 7.99. The lowest BCUT2D eigenvalue weighted by Gasteiger charge is -2.23. The van der Waals surface area contributed by atoms with Gasteiger partial charge in [0.1, 0.15) is 0 Å². The van der Waals surface area contributed by atoms with Gasteiger partial charge in [-0.05, 0) is 49.9 Å². The maximum absolute atomic E-state index is 12.2. The molecule has 1 aliphatic heterocycles. The van der Waals surface area contributed by atoms with Crippen molar-refractivity contribution in [3.63, 3.8) is 0 Å². The summed E-state index contributed by atoms with van der Waals surface area (Å²) in [5.74, 6) is 0. The molecule has 2 amide bonds. The Labute approximate surface area is 136 Å². The number of benzene rings is 1. The number of aliphatic hydroxyl groups is 1. The van der Waals surface area contributed by atoms with Crippen molar-refractivity contribution in [3.8, 4) is 0 Å². The van der Waals surface area contributed by atoms with E-state index in [1.165, 1.54) is 30.6 Å². The molecule has 1 saturated heterocycles. The fraction of sp³-hybridized carbons (Fsp3) is 0.588. The first-order chi connectivity index (χ1) is 10.8. The first-order valence-electron chi connectivity index (χ1n) is 8.21. The van der Waals surface area contributed by atoms with Crippen molar-refractivity contribution in [1.29, 1.82) is 0 Å². The summed E-state index contributed by atoms with van der Waals surface area (Å²) in [6.07, 6.45) is 7.21. The highest BCUT2D eigenvalue weighted by atomic mass is 32.2. The molecule has 0 bridgehead atoms. The summed E-state index contributed by atoms with van der Waals surface area (Å²) in [4.78, 5) is 15.3. The molecule has 0 spiro atoms. The van der Waals surface area contributed by atoms with E-state index in [9.17, 15) is 9.90 Å². The van der Waals surface area contributed by atoms with E-state index < -0.39 is 0 Å². The highest BCUT2D eigenvalue weighted by Crippen LogP contribution is 2.35. The van der Waals surface area contributed by atoms with E-state index in [2.05, 4.69) is 17.4 Å². The Hall–Kier alpha value is -1.20. The lowest BCUT2D eigenvalue weighted by atomic mass is 10.2. The van der Waals surface area contributed by atoms with E-state index in [1.807, 2.05) is 23.9 Å². The Morgan fingerprint density at radius 2 is 1.91 bits per heavy atom. The molecule has 2 N–H and O–H groups in total. The standard InChI is InChI=1S/C17H24N2O2S/c20-12-14-4-3-11-19(14)17(21)18-13-7-9-16(10-8-13)22-15-5-1-2-6-15/h7-10,14-15,20H,1-6,11-12H2,(H,18,21)/t14-/m1/s1. The van der Waals surface area contributed by atoms with Crippen LogP contribution in [0.1, 0.15) is 38.5 Å². The first-order valence-corrected chi connectivity index (χ1v) is 9.09. The van der Waals surface area contributed by atoms with Crippen molar-refractivity contribution in [3.05, 3.63) is 24.3 Å². The zero-order valence-electron chi connectivity index (χ0n) is 12.8. The van der Waals surface area contributed by atoms with Gasteiger partial charge in [0, 0.05) is 22.4 Å². The number of anilines is 1. The van der Waals surface area contributed by atoms with Crippen LogP contribution in [0.5, 0.6) is 0 Å². The second-order valence-corrected chi connectivity index (χ2v) is 7.52. The molecular weight excluding hydrogens is 296 g/mol. The molecule has 4 nitrogen and oxygen atoms in total. The number of hydrogen-bond donors (Lipinski definition) is 2. The minimum Gasteiger partial charge on any atom is -0.394 e. The number of amides is 2. The van der Waals surface area contributed by atoms with E-state index in [0.29, 0.717) is 0 Å². The molecule has 120 valence electrons. The average Bonchev–Trinajstić information content (AvgIpc) is 3.20. The number of carbonyl (C=O) groups is 1. The van der Waals surface area contributed by atoms with Crippen LogP contribution in [0.25, 0.3) is 0 Å². The van der Waals surface area contributed by atoms with Gasteiger partial charge in [-0.1, -0.05) is 12.8 Å². The molecule has 5 heteroatoms. The van der Waals surface area contributed by atoms with Crippen molar-refractivity contribution in [2.75, 3.05) is 18.5 Å². The lowest BCUT2D eigenvalue weighted by Crippen LogP contribution is -2.40. The molecule has 0 radical (unpaired) electrons. The predicted octanol–water partition coefficient (Wildman–Crippen LogP) is 3.71. The van der Waals surface area contributed by atoms with Gasteiger partial charge in [-0.25, -0.2) is 4.79 Å². The van der Waals surface area contributed by atoms with Crippen molar-refractivity contribution in [2.45, 2.75) is 54.7 Å². The van der Waals surface area contributed by atoms with Crippen LogP contribution in [0, 0.1) is 0 Å². The second kappa shape index (κ2) is 7.38. The topological polar surface area (TPSA) is 52.6 Å². The summed E-state index contributed by atoms with van der Waals surface area (Å²) >= 11 is 1.95. The molecular formula is C17H24N2O2S.